The molecule has 5 nitrogen and oxygen atoms in total. The van der Waals surface area contributed by atoms with Gasteiger partial charge < -0.3 is 10.1 Å². The van der Waals surface area contributed by atoms with Gasteiger partial charge in [-0.05, 0) is 29.8 Å². The van der Waals surface area contributed by atoms with Crippen LogP contribution in [0.5, 0.6) is 0 Å². The molecule has 0 fully saturated rings. The summed E-state index contributed by atoms with van der Waals surface area (Å²) in [5, 5.41) is 2.50. The van der Waals surface area contributed by atoms with Crippen LogP contribution >= 0.6 is 11.3 Å². The molecule has 1 aliphatic rings. The number of thiophene rings is 1. The van der Waals surface area contributed by atoms with E-state index < -0.39 is 17.7 Å². The molecule has 20 heavy (non-hydrogen) atoms. The third-order valence-electron chi connectivity index (χ3n) is 3.00. The molecule has 1 amide bonds. The molecule has 6 heteroatoms. The highest BCUT2D eigenvalue weighted by Crippen LogP contribution is 2.33. The summed E-state index contributed by atoms with van der Waals surface area (Å²) in [6.45, 7) is 0. The normalized spacial score (nSPS) is 13.1. The quantitative estimate of drug-likeness (QED) is 0.679. The molecule has 2 aromatic rings. The molecule has 1 aromatic carbocycles. The van der Waals surface area contributed by atoms with Crippen LogP contribution in [-0.4, -0.2) is 24.8 Å². The highest BCUT2D eigenvalue weighted by atomic mass is 32.1. The molecule has 0 saturated carbocycles. The maximum Gasteiger partial charge on any atom is 0.348 e. The predicted molar refractivity (Wildman–Crippen MR) is 74.1 cm³/mol. The predicted octanol–water partition coefficient (Wildman–Crippen LogP) is 2.34. The Hall–Kier alpha value is -2.47. The van der Waals surface area contributed by atoms with Crippen molar-refractivity contribution in [3.05, 3.63) is 40.8 Å². The van der Waals surface area contributed by atoms with E-state index in [4.69, 9.17) is 0 Å². The first-order valence-electron chi connectivity index (χ1n) is 5.78. The summed E-state index contributed by atoms with van der Waals surface area (Å²) < 4.78 is 4.65. The molecule has 1 aromatic heterocycles. The SMILES string of the molecule is COC(=O)c1ccc(-c2ccc3c(c2)C(=O)C(=O)N3)s1. The highest BCUT2D eigenvalue weighted by Gasteiger charge is 2.28. The van der Waals surface area contributed by atoms with Gasteiger partial charge >= 0.3 is 5.97 Å². The Labute approximate surface area is 118 Å². The second kappa shape index (κ2) is 4.57. The molecule has 1 aliphatic heterocycles. The van der Waals surface area contributed by atoms with Gasteiger partial charge in [0, 0.05) is 4.88 Å². The lowest BCUT2D eigenvalue weighted by molar-refractivity contribution is -0.112. The lowest BCUT2D eigenvalue weighted by Crippen LogP contribution is -2.12. The average molecular weight is 287 g/mol. The number of hydrogen-bond donors (Lipinski definition) is 1. The molecule has 0 saturated heterocycles. The number of Topliss-reactive ketones (excluding diaryl/α,β-unsaturated/α-hetero) is 1. The summed E-state index contributed by atoms with van der Waals surface area (Å²) in [7, 11) is 1.33. The molecular formula is C14H9NO4S. The fourth-order valence-corrected chi connectivity index (χ4v) is 2.92. The number of nitrogens with one attached hydrogen (secondary N) is 1. The van der Waals surface area contributed by atoms with Gasteiger partial charge in [-0.15, -0.1) is 11.3 Å². The molecule has 0 radical (unpaired) electrons. The van der Waals surface area contributed by atoms with Gasteiger partial charge in [0.1, 0.15) is 4.88 Å². The van der Waals surface area contributed by atoms with Gasteiger partial charge in [0.2, 0.25) is 0 Å². The lowest BCUT2D eigenvalue weighted by Gasteiger charge is -2.00. The Morgan fingerprint density at radius 3 is 2.75 bits per heavy atom. The van der Waals surface area contributed by atoms with Crippen molar-refractivity contribution in [1.29, 1.82) is 0 Å². The Morgan fingerprint density at radius 2 is 2.00 bits per heavy atom. The number of methoxy groups -OCH3 is 1. The fourth-order valence-electron chi connectivity index (χ4n) is 2.00. The number of carbonyl (C=O) groups excluding carboxylic acids is 3. The van der Waals surface area contributed by atoms with Crippen molar-refractivity contribution >= 4 is 34.7 Å². The number of fused-ring (bicyclic) bond motifs is 1. The summed E-state index contributed by atoms with van der Waals surface area (Å²) in [4.78, 5) is 35.7. The number of benzene rings is 1. The van der Waals surface area contributed by atoms with Crippen LogP contribution < -0.4 is 5.32 Å². The van der Waals surface area contributed by atoms with E-state index in [1.54, 1.807) is 30.3 Å². The van der Waals surface area contributed by atoms with Crippen LogP contribution in [0.4, 0.5) is 5.69 Å². The van der Waals surface area contributed by atoms with Gasteiger partial charge in [0.15, 0.2) is 0 Å². The standard InChI is InChI=1S/C14H9NO4S/c1-19-14(18)11-5-4-10(20-11)7-2-3-9-8(6-7)12(16)13(17)15-9/h2-6H,1H3,(H,15,16,17). The fraction of sp³-hybridized carbons (Fsp3) is 0.0714. The molecule has 0 bridgehead atoms. The Kier molecular flexibility index (Phi) is 2.87. The molecule has 1 N–H and O–H groups in total. The molecule has 3 rings (SSSR count). The molecule has 0 aliphatic carbocycles. The van der Waals surface area contributed by atoms with Gasteiger partial charge in [-0.3, -0.25) is 9.59 Å². The first-order chi connectivity index (χ1) is 9.60. The number of carbonyl (C=O) groups is 3. The van der Waals surface area contributed by atoms with E-state index in [2.05, 4.69) is 10.1 Å². The van der Waals surface area contributed by atoms with Gasteiger partial charge in [0.05, 0.1) is 18.4 Å². The van der Waals surface area contributed by atoms with E-state index in [0.29, 0.717) is 16.1 Å². The van der Waals surface area contributed by atoms with Crippen molar-refractivity contribution in [2.24, 2.45) is 0 Å². The van der Waals surface area contributed by atoms with E-state index in [0.717, 1.165) is 10.4 Å². The smallest absolute Gasteiger partial charge is 0.348 e. The zero-order valence-corrected chi connectivity index (χ0v) is 11.2. The van der Waals surface area contributed by atoms with Crippen LogP contribution in [0.25, 0.3) is 10.4 Å². The van der Waals surface area contributed by atoms with Crippen molar-refractivity contribution in [3.63, 3.8) is 0 Å². The minimum absolute atomic E-state index is 0.362. The zero-order chi connectivity index (χ0) is 14.3. The summed E-state index contributed by atoms with van der Waals surface area (Å²) in [6, 6.07) is 8.59. The third-order valence-corrected chi connectivity index (χ3v) is 4.11. The first-order valence-corrected chi connectivity index (χ1v) is 6.60. The molecule has 2 heterocycles. The summed E-state index contributed by atoms with van der Waals surface area (Å²) in [5.74, 6) is -1.54. The van der Waals surface area contributed by atoms with E-state index in [1.807, 2.05) is 0 Å². The molecule has 100 valence electrons. The van der Waals surface area contributed by atoms with Gasteiger partial charge in [0.25, 0.3) is 11.7 Å². The van der Waals surface area contributed by atoms with Crippen molar-refractivity contribution in [2.45, 2.75) is 0 Å². The Morgan fingerprint density at radius 1 is 1.20 bits per heavy atom. The average Bonchev–Trinajstić information content (AvgIpc) is 3.04. The molecule has 0 spiro atoms. The van der Waals surface area contributed by atoms with E-state index in [9.17, 15) is 14.4 Å². The van der Waals surface area contributed by atoms with Crippen LogP contribution in [0.15, 0.2) is 30.3 Å². The maximum atomic E-state index is 11.7. The summed E-state index contributed by atoms with van der Waals surface area (Å²) >= 11 is 1.27. The Bertz CT molecular complexity index is 747. The number of esters is 1. The monoisotopic (exact) mass is 287 g/mol. The van der Waals surface area contributed by atoms with Gasteiger partial charge in [-0.1, -0.05) is 6.07 Å². The van der Waals surface area contributed by atoms with Crippen LogP contribution in [0, 0.1) is 0 Å². The van der Waals surface area contributed by atoms with Crippen LogP contribution in [0.2, 0.25) is 0 Å². The van der Waals surface area contributed by atoms with Gasteiger partial charge in [-0.2, -0.15) is 0 Å². The van der Waals surface area contributed by atoms with Crippen LogP contribution in [0.1, 0.15) is 20.0 Å². The molecular weight excluding hydrogens is 278 g/mol. The van der Waals surface area contributed by atoms with E-state index >= 15 is 0 Å². The summed E-state index contributed by atoms with van der Waals surface area (Å²) in [6.07, 6.45) is 0. The number of ether oxygens (including phenoxy) is 1. The van der Waals surface area contributed by atoms with E-state index in [-0.39, 0.29) is 0 Å². The molecule has 0 atom stereocenters. The Balaban J connectivity index is 2.00. The number of hydrogen-bond acceptors (Lipinski definition) is 5. The second-order valence-electron chi connectivity index (χ2n) is 4.20. The van der Waals surface area contributed by atoms with Crippen LogP contribution in [0.3, 0.4) is 0 Å². The number of ketones is 1. The number of amides is 1. The molecule has 0 unspecified atom stereocenters. The first kappa shape index (κ1) is 12.6. The summed E-state index contributed by atoms with van der Waals surface area (Å²) in [5.41, 5.74) is 1.67. The van der Waals surface area contributed by atoms with E-state index in [1.165, 1.54) is 18.4 Å². The zero-order valence-electron chi connectivity index (χ0n) is 10.4. The second-order valence-corrected chi connectivity index (χ2v) is 5.28. The third kappa shape index (κ3) is 1.90. The van der Waals surface area contributed by atoms with Crippen molar-refractivity contribution < 1.29 is 19.1 Å². The maximum absolute atomic E-state index is 11.7. The van der Waals surface area contributed by atoms with Crippen LogP contribution in [-0.2, 0) is 9.53 Å². The topological polar surface area (TPSA) is 72.5 Å². The van der Waals surface area contributed by atoms with Gasteiger partial charge in [-0.25, -0.2) is 4.79 Å². The largest absolute Gasteiger partial charge is 0.465 e. The minimum atomic E-state index is -0.612. The number of rotatable bonds is 2. The number of anilines is 1. The lowest BCUT2D eigenvalue weighted by atomic mass is 10.1. The van der Waals surface area contributed by atoms with Crippen molar-refractivity contribution in [3.8, 4) is 10.4 Å². The van der Waals surface area contributed by atoms with Crippen molar-refractivity contribution in [1.82, 2.24) is 0 Å². The highest BCUT2D eigenvalue weighted by molar-refractivity contribution is 7.17. The van der Waals surface area contributed by atoms with Crippen molar-refractivity contribution in [2.75, 3.05) is 12.4 Å². The minimum Gasteiger partial charge on any atom is -0.465 e.